The molecule has 7 rings (SSSR count). The second-order valence-electron chi connectivity index (χ2n) is 14.0. The van der Waals surface area contributed by atoms with Gasteiger partial charge >= 0.3 is 0 Å². The molecule has 1 unspecified atom stereocenters. The topological polar surface area (TPSA) is 143 Å². The molecule has 2 aliphatic heterocycles. The number of benzene rings is 2. The summed E-state index contributed by atoms with van der Waals surface area (Å²) in [6.45, 7) is 10.4. The van der Waals surface area contributed by atoms with Crippen molar-refractivity contribution in [2.45, 2.75) is 58.3 Å². The number of rotatable bonds is 11. The lowest BCUT2D eigenvalue weighted by Crippen LogP contribution is -2.48. The molecule has 3 aromatic heterocycles. The summed E-state index contributed by atoms with van der Waals surface area (Å²) in [6.07, 6.45) is 6.90. The van der Waals surface area contributed by atoms with Gasteiger partial charge in [0.2, 0.25) is 11.8 Å². The minimum absolute atomic E-state index is 0.0287. The Labute approximate surface area is 303 Å². The second kappa shape index (κ2) is 14.7. The van der Waals surface area contributed by atoms with Crippen LogP contribution in [0.15, 0.2) is 73.2 Å². The SMILES string of the molecule is COC1(C(=O)Nc2ccc3[nH]nc(-c4ccc(OC(C)C)nc4)c3c2)CCN(CC(=O)N2CC=C(c3ccc(-c4ncn(C(C)C)n4)cc3)CC2)C1. The number of fused-ring (bicyclic) bond motifs is 1. The molecule has 5 heterocycles. The van der Waals surface area contributed by atoms with Crippen molar-refractivity contribution in [3.05, 3.63) is 78.8 Å². The van der Waals surface area contributed by atoms with Gasteiger partial charge in [-0.15, -0.1) is 0 Å². The van der Waals surface area contributed by atoms with E-state index in [0.29, 0.717) is 50.0 Å². The Morgan fingerprint density at radius 3 is 2.44 bits per heavy atom. The zero-order chi connectivity index (χ0) is 36.4. The third kappa shape index (κ3) is 7.32. The molecule has 1 saturated heterocycles. The van der Waals surface area contributed by atoms with E-state index in [2.05, 4.69) is 62.6 Å². The molecule has 2 aromatic carbocycles. The van der Waals surface area contributed by atoms with Gasteiger partial charge in [-0.05, 0) is 75.9 Å². The van der Waals surface area contributed by atoms with E-state index in [9.17, 15) is 9.59 Å². The van der Waals surface area contributed by atoms with Crippen LogP contribution >= 0.6 is 0 Å². The van der Waals surface area contributed by atoms with Gasteiger partial charge < -0.3 is 19.7 Å². The highest BCUT2D eigenvalue weighted by molar-refractivity contribution is 6.01. The van der Waals surface area contributed by atoms with Gasteiger partial charge in [0.1, 0.15) is 12.0 Å². The monoisotopic (exact) mass is 703 g/mol. The van der Waals surface area contributed by atoms with E-state index < -0.39 is 5.60 Å². The summed E-state index contributed by atoms with van der Waals surface area (Å²) in [5.41, 5.74) is 5.28. The molecule has 0 saturated carbocycles. The van der Waals surface area contributed by atoms with Gasteiger partial charge in [-0.25, -0.2) is 14.6 Å². The van der Waals surface area contributed by atoms with Crippen molar-refractivity contribution in [2.24, 2.45) is 0 Å². The molecule has 1 atom stereocenters. The van der Waals surface area contributed by atoms with Crippen LogP contribution in [0.1, 0.15) is 52.1 Å². The first-order valence-electron chi connectivity index (χ1n) is 17.8. The number of amides is 2. The molecule has 0 radical (unpaired) electrons. The maximum absolute atomic E-state index is 13.7. The zero-order valence-corrected chi connectivity index (χ0v) is 30.3. The molecule has 2 amide bonds. The molecule has 0 spiro atoms. The number of hydrogen-bond donors (Lipinski definition) is 2. The number of nitrogens with zero attached hydrogens (tertiary/aromatic N) is 7. The van der Waals surface area contributed by atoms with Crippen molar-refractivity contribution in [3.63, 3.8) is 0 Å². The third-order valence-corrected chi connectivity index (χ3v) is 9.77. The van der Waals surface area contributed by atoms with Gasteiger partial charge in [0.25, 0.3) is 5.91 Å². The first kappa shape index (κ1) is 35.0. The lowest BCUT2D eigenvalue weighted by molar-refractivity contribution is -0.138. The van der Waals surface area contributed by atoms with E-state index >= 15 is 0 Å². The van der Waals surface area contributed by atoms with Crippen molar-refractivity contribution in [1.29, 1.82) is 0 Å². The number of H-pyrrole nitrogens is 1. The summed E-state index contributed by atoms with van der Waals surface area (Å²) >= 11 is 0. The summed E-state index contributed by atoms with van der Waals surface area (Å²) in [7, 11) is 1.56. The highest BCUT2D eigenvalue weighted by Crippen LogP contribution is 2.32. The quantitative estimate of drug-likeness (QED) is 0.180. The largest absolute Gasteiger partial charge is 0.475 e. The molecule has 13 nitrogen and oxygen atoms in total. The van der Waals surface area contributed by atoms with Gasteiger partial charge in [-0.2, -0.15) is 10.2 Å². The average Bonchev–Trinajstić information content (AvgIpc) is 3.91. The van der Waals surface area contributed by atoms with Crippen LogP contribution < -0.4 is 10.1 Å². The summed E-state index contributed by atoms with van der Waals surface area (Å²) < 4.78 is 13.4. The number of likely N-dealkylation sites (tertiary alicyclic amines) is 1. The number of carbonyl (C=O) groups excluding carboxylic acids is 2. The first-order valence-corrected chi connectivity index (χ1v) is 17.8. The third-order valence-electron chi connectivity index (χ3n) is 9.77. The number of aromatic amines is 1. The Morgan fingerprint density at radius 2 is 1.77 bits per heavy atom. The highest BCUT2D eigenvalue weighted by Gasteiger charge is 2.45. The molecular formula is C39H45N9O4. The van der Waals surface area contributed by atoms with Crippen LogP contribution in [0.3, 0.4) is 0 Å². The maximum atomic E-state index is 13.7. The summed E-state index contributed by atoms with van der Waals surface area (Å²) in [4.78, 5) is 39.9. The van der Waals surface area contributed by atoms with Crippen molar-refractivity contribution >= 4 is 34.0 Å². The van der Waals surface area contributed by atoms with Crippen LogP contribution in [0.2, 0.25) is 0 Å². The number of anilines is 1. The predicted octanol–water partition coefficient (Wildman–Crippen LogP) is 5.60. The summed E-state index contributed by atoms with van der Waals surface area (Å²) in [5.74, 6) is 1.06. The fourth-order valence-corrected chi connectivity index (χ4v) is 6.76. The molecule has 270 valence electrons. The first-order chi connectivity index (χ1) is 25.1. The number of hydrogen-bond acceptors (Lipinski definition) is 9. The van der Waals surface area contributed by atoms with Crippen molar-refractivity contribution in [1.82, 2.24) is 39.7 Å². The minimum atomic E-state index is -1.08. The Hall–Kier alpha value is -5.40. The van der Waals surface area contributed by atoms with E-state index in [0.717, 1.165) is 39.7 Å². The van der Waals surface area contributed by atoms with E-state index in [-0.39, 0.29) is 30.5 Å². The molecule has 1 fully saturated rings. The van der Waals surface area contributed by atoms with Crippen molar-refractivity contribution < 1.29 is 19.1 Å². The number of methoxy groups -OCH3 is 1. The summed E-state index contributed by atoms with van der Waals surface area (Å²) in [6, 6.07) is 17.9. The predicted molar refractivity (Wildman–Crippen MR) is 200 cm³/mol. The molecular weight excluding hydrogens is 658 g/mol. The van der Waals surface area contributed by atoms with E-state index in [1.807, 2.05) is 70.8 Å². The fourth-order valence-electron chi connectivity index (χ4n) is 6.76. The Balaban J connectivity index is 0.946. The zero-order valence-electron chi connectivity index (χ0n) is 30.3. The number of pyridine rings is 1. The Bertz CT molecular complexity index is 2080. The van der Waals surface area contributed by atoms with Crippen LogP contribution in [0.4, 0.5) is 5.69 Å². The number of nitrogens with one attached hydrogen (secondary N) is 2. The molecule has 13 heteroatoms. The van der Waals surface area contributed by atoms with E-state index in [4.69, 9.17) is 9.47 Å². The molecule has 0 aliphatic carbocycles. The van der Waals surface area contributed by atoms with E-state index in [1.165, 1.54) is 5.57 Å². The standard InChI is InChI=1S/C39H45N9O4/c1-25(2)48-24-41-37(45-48)29-8-6-27(7-9-29)28-14-17-47(18-15-28)35(49)22-46-19-16-39(23-46,51-5)38(50)42-31-11-12-33-32(20-31)36(44-43-33)30-10-13-34(40-21-30)52-26(3)4/h6-14,20-21,24-26H,15-19,22-23H2,1-5H3,(H,42,50)(H,43,44). The Morgan fingerprint density at radius 1 is 0.981 bits per heavy atom. The van der Waals surface area contributed by atoms with Gasteiger partial charge in [-0.3, -0.25) is 19.6 Å². The van der Waals surface area contributed by atoms with Crippen LogP contribution in [-0.4, -0.2) is 103 Å². The highest BCUT2D eigenvalue weighted by atomic mass is 16.5. The Kier molecular flexibility index (Phi) is 9.89. The lowest BCUT2D eigenvalue weighted by atomic mass is 9.98. The average molecular weight is 704 g/mol. The van der Waals surface area contributed by atoms with Crippen LogP contribution in [-0.2, 0) is 14.3 Å². The normalized spacial score (nSPS) is 18.0. The molecule has 5 aromatic rings. The van der Waals surface area contributed by atoms with Gasteiger partial charge in [0.05, 0.1) is 18.2 Å². The van der Waals surface area contributed by atoms with Crippen LogP contribution in [0.5, 0.6) is 5.88 Å². The fraction of sp³-hybridized carbons (Fsp3) is 0.385. The smallest absolute Gasteiger partial charge is 0.258 e. The summed E-state index contributed by atoms with van der Waals surface area (Å²) in [5, 5.41) is 16.1. The second-order valence-corrected chi connectivity index (χ2v) is 14.0. The lowest BCUT2D eigenvalue weighted by Gasteiger charge is -2.30. The van der Waals surface area contributed by atoms with Crippen molar-refractivity contribution in [2.75, 3.05) is 45.2 Å². The van der Waals surface area contributed by atoms with E-state index in [1.54, 1.807) is 19.6 Å². The van der Waals surface area contributed by atoms with Crippen molar-refractivity contribution in [3.8, 4) is 28.5 Å². The van der Waals surface area contributed by atoms with Gasteiger partial charge in [-0.1, -0.05) is 30.3 Å². The molecule has 52 heavy (non-hydrogen) atoms. The number of ether oxygens (including phenoxy) is 2. The molecule has 2 N–H and O–H groups in total. The van der Waals surface area contributed by atoms with Gasteiger partial charge in [0.15, 0.2) is 11.4 Å². The minimum Gasteiger partial charge on any atom is -0.475 e. The van der Waals surface area contributed by atoms with Gasteiger partial charge in [0, 0.05) is 73.8 Å². The molecule has 0 bridgehead atoms. The van der Waals surface area contributed by atoms with Crippen LogP contribution in [0, 0.1) is 0 Å². The molecule has 2 aliphatic rings. The number of aromatic nitrogens is 6. The maximum Gasteiger partial charge on any atom is 0.258 e. The van der Waals surface area contributed by atoms with Crippen LogP contribution in [0.25, 0.3) is 39.1 Å². The number of carbonyl (C=O) groups is 2.